The van der Waals surface area contributed by atoms with Crippen molar-refractivity contribution in [1.29, 1.82) is 0 Å². The van der Waals surface area contributed by atoms with Gasteiger partial charge in [0.2, 0.25) is 5.91 Å². The molecule has 1 saturated heterocycles. The van der Waals surface area contributed by atoms with Crippen LogP contribution in [0.5, 0.6) is 0 Å². The van der Waals surface area contributed by atoms with Crippen LogP contribution in [0.15, 0.2) is 30.3 Å². The fourth-order valence-electron chi connectivity index (χ4n) is 2.38. The molecular weight excluding hydrogens is 324 g/mol. The summed E-state index contributed by atoms with van der Waals surface area (Å²) in [7, 11) is 0. The van der Waals surface area contributed by atoms with E-state index < -0.39 is 35.7 Å². The molecule has 0 radical (unpaired) electrons. The monoisotopic (exact) mass is 348 g/mol. The fraction of sp³-hybridized carbons (Fsp3) is 0.500. The number of carbonyl (C=O) groups excluding carboxylic acids is 3. The zero-order valence-corrected chi connectivity index (χ0v) is 14.9. The van der Waals surface area contributed by atoms with Crippen molar-refractivity contribution in [2.45, 2.75) is 57.9 Å². The minimum Gasteiger partial charge on any atom is -0.458 e. The van der Waals surface area contributed by atoms with Gasteiger partial charge in [-0.3, -0.25) is 4.79 Å². The topological polar surface area (TPSA) is 93.7 Å². The van der Waals surface area contributed by atoms with E-state index in [2.05, 4.69) is 10.6 Å². The van der Waals surface area contributed by atoms with Crippen LogP contribution in [-0.2, 0) is 25.5 Å². The summed E-state index contributed by atoms with van der Waals surface area (Å²) in [6.45, 7) is 6.92. The van der Waals surface area contributed by atoms with Crippen molar-refractivity contribution in [1.82, 2.24) is 10.6 Å². The summed E-state index contributed by atoms with van der Waals surface area (Å²) in [4.78, 5) is 36.0. The molecule has 7 heteroatoms. The Balaban J connectivity index is 2.06. The molecule has 0 spiro atoms. The molecule has 0 bridgehead atoms. The number of alkyl carbamates (subject to hydrolysis) is 1. The third-order valence-corrected chi connectivity index (χ3v) is 3.61. The molecular formula is C18H24N2O5. The van der Waals surface area contributed by atoms with Crippen LogP contribution >= 0.6 is 0 Å². The van der Waals surface area contributed by atoms with Gasteiger partial charge < -0.3 is 20.1 Å². The first kappa shape index (κ1) is 18.8. The standard InChI is InChI=1S/C18H24N2O5/c1-11-14(16(22)24-11)20-15(21)13(10-12-8-6-5-7-9-12)19-17(23)25-18(2,3)4/h5-9,11,13-14H,10H2,1-4H3,(H,19,23)(H,20,21)/t11-,13-,14+/m1/s1. The van der Waals surface area contributed by atoms with Gasteiger partial charge in [0.15, 0.2) is 6.04 Å². The Morgan fingerprint density at radius 3 is 2.40 bits per heavy atom. The highest BCUT2D eigenvalue weighted by atomic mass is 16.6. The Morgan fingerprint density at radius 1 is 1.24 bits per heavy atom. The number of hydrogen-bond acceptors (Lipinski definition) is 5. The zero-order valence-electron chi connectivity index (χ0n) is 14.9. The average molecular weight is 348 g/mol. The van der Waals surface area contributed by atoms with Crippen molar-refractivity contribution in [3.63, 3.8) is 0 Å². The highest BCUT2D eigenvalue weighted by Crippen LogP contribution is 2.14. The molecule has 0 saturated carbocycles. The van der Waals surface area contributed by atoms with Crippen LogP contribution < -0.4 is 10.6 Å². The first-order chi connectivity index (χ1) is 11.7. The summed E-state index contributed by atoms with van der Waals surface area (Å²) in [5.41, 5.74) is 0.201. The molecule has 136 valence electrons. The van der Waals surface area contributed by atoms with Gasteiger partial charge in [-0.25, -0.2) is 9.59 Å². The Kier molecular flexibility index (Phi) is 5.66. The van der Waals surface area contributed by atoms with Gasteiger partial charge in [-0.1, -0.05) is 30.3 Å². The van der Waals surface area contributed by atoms with E-state index in [9.17, 15) is 14.4 Å². The van der Waals surface area contributed by atoms with Crippen molar-refractivity contribution in [2.75, 3.05) is 0 Å². The molecule has 25 heavy (non-hydrogen) atoms. The minimum absolute atomic E-state index is 0.280. The molecule has 0 unspecified atom stereocenters. The SMILES string of the molecule is C[C@H]1OC(=O)[C@H]1NC(=O)[C@@H](Cc1ccccc1)NC(=O)OC(C)(C)C. The highest BCUT2D eigenvalue weighted by molar-refractivity contribution is 5.92. The molecule has 2 amide bonds. The fourth-order valence-corrected chi connectivity index (χ4v) is 2.38. The third-order valence-electron chi connectivity index (χ3n) is 3.61. The summed E-state index contributed by atoms with van der Waals surface area (Å²) >= 11 is 0. The van der Waals surface area contributed by atoms with Gasteiger partial charge in [0.05, 0.1) is 0 Å². The van der Waals surface area contributed by atoms with E-state index in [4.69, 9.17) is 9.47 Å². The number of ether oxygens (including phenoxy) is 2. The number of carbonyl (C=O) groups is 3. The smallest absolute Gasteiger partial charge is 0.408 e. The van der Waals surface area contributed by atoms with Crippen molar-refractivity contribution in [2.24, 2.45) is 0 Å². The second-order valence-electron chi connectivity index (χ2n) is 7.02. The first-order valence-electron chi connectivity index (χ1n) is 8.20. The lowest BCUT2D eigenvalue weighted by Crippen LogP contribution is -2.62. The van der Waals surface area contributed by atoms with Gasteiger partial charge in [0.25, 0.3) is 0 Å². The number of rotatable bonds is 5. The Hall–Kier alpha value is -2.57. The molecule has 1 fully saturated rings. The molecule has 1 aromatic rings. The van der Waals surface area contributed by atoms with Crippen LogP contribution in [0.2, 0.25) is 0 Å². The van der Waals surface area contributed by atoms with E-state index in [1.54, 1.807) is 27.7 Å². The van der Waals surface area contributed by atoms with E-state index in [1.165, 1.54) is 0 Å². The molecule has 0 aliphatic carbocycles. The summed E-state index contributed by atoms with van der Waals surface area (Å²) in [6.07, 6.45) is -0.787. The van der Waals surface area contributed by atoms with Crippen LogP contribution in [0.3, 0.4) is 0 Å². The van der Waals surface area contributed by atoms with Gasteiger partial charge in [-0.15, -0.1) is 0 Å². The molecule has 1 aliphatic rings. The predicted molar refractivity (Wildman–Crippen MR) is 90.8 cm³/mol. The largest absolute Gasteiger partial charge is 0.458 e. The normalized spacial score (nSPS) is 20.7. The third kappa shape index (κ3) is 5.48. The van der Waals surface area contributed by atoms with Gasteiger partial charge in [0, 0.05) is 6.42 Å². The summed E-state index contributed by atoms with van der Waals surface area (Å²) in [5.74, 6) is -0.931. The number of hydrogen-bond donors (Lipinski definition) is 2. The maximum Gasteiger partial charge on any atom is 0.408 e. The zero-order chi connectivity index (χ0) is 18.6. The lowest BCUT2D eigenvalue weighted by atomic mass is 10.0. The number of nitrogens with one attached hydrogen (secondary N) is 2. The molecule has 7 nitrogen and oxygen atoms in total. The Morgan fingerprint density at radius 2 is 1.88 bits per heavy atom. The Labute approximate surface area is 147 Å². The minimum atomic E-state index is -0.863. The molecule has 2 rings (SSSR count). The van der Waals surface area contributed by atoms with Gasteiger partial charge in [-0.2, -0.15) is 0 Å². The van der Waals surface area contributed by atoms with Crippen molar-refractivity contribution in [3.05, 3.63) is 35.9 Å². The first-order valence-corrected chi connectivity index (χ1v) is 8.20. The predicted octanol–water partition coefficient (Wildman–Crippen LogP) is 1.55. The van der Waals surface area contributed by atoms with Crippen LogP contribution in [0.25, 0.3) is 0 Å². The second kappa shape index (κ2) is 7.55. The average Bonchev–Trinajstić information content (AvgIpc) is 2.51. The van der Waals surface area contributed by atoms with Crippen LogP contribution in [0, 0.1) is 0 Å². The number of esters is 1. The molecule has 3 atom stereocenters. The van der Waals surface area contributed by atoms with E-state index in [0.717, 1.165) is 5.56 Å². The quantitative estimate of drug-likeness (QED) is 0.788. The summed E-state index contributed by atoms with van der Waals surface area (Å²) in [5, 5.41) is 5.20. The van der Waals surface area contributed by atoms with E-state index >= 15 is 0 Å². The maximum atomic E-state index is 12.6. The van der Waals surface area contributed by atoms with Gasteiger partial charge in [-0.05, 0) is 33.3 Å². The van der Waals surface area contributed by atoms with Crippen LogP contribution in [0.1, 0.15) is 33.3 Å². The lowest BCUT2D eigenvalue weighted by molar-refractivity contribution is -0.176. The van der Waals surface area contributed by atoms with E-state index in [-0.39, 0.29) is 12.5 Å². The van der Waals surface area contributed by atoms with Gasteiger partial charge in [0.1, 0.15) is 17.7 Å². The van der Waals surface area contributed by atoms with Crippen molar-refractivity contribution in [3.8, 4) is 0 Å². The number of amides is 2. The molecule has 1 heterocycles. The second-order valence-corrected chi connectivity index (χ2v) is 7.02. The van der Waals surface area contributed by atoms with E-state index in [0.29, 0.717) is 0 Å². The van der Waals surface area contributed by atoms with Crippen molar-refractivity contribution < 1.29 is 23.9 Å². The lowest BCUT2D eigenvalue weighted by Gasteiger charge is -2.34. The van der Waals surface area contributed by atoms with Crippen LogP contribution in [0.4, 0.5) is 4.79 Å². The summed E-state index contributed by atoms with van der Waals surface area (Å²) < 4.78 is 10.1. The van der Waals surface area contributed by atoms with Crippen molar-refractivity contribution >= 4 is 18.0 Å². The molecule has 1 aliphatic heterocycles. The molecule has 1 aromatic carbocycles. The highest BCUT2D eigenvalue weighted by Gasteiger charge is 2.41. The summed E-state index contributed by atoms with van der Waals surface area (Å²) in [6, 6.07) is 7.73. The molecule has 0 aromatic heterocycles. The number of benzene rings is 1. The molecule has 2 N–H and O–H groups in total. The van der Waals surface area contributed by atoms with Crippen LogP contribution in [-0.4, -0.2) is 41.8 Å². The van der Waals surface area contributed by atoms with E-state index in [1.807, 2.05) is 30.3 Å². The maximum absolute atomic E-state index is 12.6. The van der Waals surface area contributed by atoms with Gasteiger partial charge >= 0.3 is 12.1 Å². The Bertz CT molecular complexity index is 639. The number of cyclic esters (lactones) is 1.